The molecule has 0 aliphatic rings. The smallest absolute Gasteiger partial charge is 0.350 e. The number of anilines is 1. The molecule has 2 heterocycles. The van der Waals surface area contributed by atoms with E-state index in [0.717, 1.165) is 10.1 Å². The van der Waals surface area contributed by atoms with Crippen LogP contribution in [0.1, 0.15) is 23.5 Å². The number of hydrogen-bond acceptors (Lipinski definition) is 5. The van der Waals surface area contributed by atoms with E-state index in [1.165, 1.54) is 18.4 Å². The fourth-order valence-corrected chi connectivity index (χ4v) is 2.22. The van der Waals surface area contributed by atoms with E-state index in [9.17, 15) is 4.79 Å². The van der Waals surface area contributed by atoms with Gasteiger partial charge < -0.3 is 10.5 Å². The first-order valence-corrected chi connectivity index (χ1v) is 5.76. The van der Waals surface area contributed by atoms with Crippen molar-refractivity contribution < 1.29 is 9.53 Å². The summed E-state index contributed by atoms with van der Waals surface area (Å²) in [6.45, 7) is 4.00. The van der Waals surface area contributed by atoms with Crippen molar-refractivity contribution in [3.05, 3.63) is 23.3 Å². The molecule has 0 radical (unpaired) electrons. The molecule has 2 aromatic rings. The molecular weight excluding hydrogens is 224 g/mol. The van der Waals surface area contributed by atoms with Crippen LogP contribution < -0.4 is 5.73 Å². The first-order chi connectivity index (χ1) is 7.74. The first-order valence-electron chi connectivity index (χ1n) is 4.94. The number of pyridine rings is 1. The van der Waals surface area contributed by atoms with Crippen LogP contribution >= 0.6 is 11.3 Å². The third-order valence-electron chi connectivity index (χ3n) is 1.90. The molecule has 5 heteroatoms. The molecule has 0 atom stereocenters. The molecule has 0 aliphatic heterocycles. The minimum absolute atomic E-state index is 0.399. The van der Waals surface area contributed by atoms with Crippen LogP contribution in [0.4, 0.5) is 5.69 Å². The lowest BCUT2D eigenvalue weighted by molar-refractivity contribution is 0.0607. The van der Waals surface area contributed by atoms with Gasteiger partial charge in [-0.2, -0.15) is 0 Å². The summed E-state index contributed by atoms with van der Waals surface area (Å²) >= 11 is 1.29. The van der Waals surface area contributed by atoms with E-state index in [4.69, 9.17) is 5.73 Å². The molecule has 86 valence electrons. The van der Waals surface area contributed by atoms with Gasteiger partial charge in [0.05, 0.1) is 17.5 Å². The predicted molar refractivity (Wildman–Crippen MR) is 66.7 cm³/mol. The highest BCUT2D eigenvalue weighted by molar-refractivity contribution is 7.21. The molecule has 2 aromatic heterocycles. The number of carbonyl (C=O) groups is 1. The zero-order valence-corrected chi connectivity index (χ0v) is 10.3. The molecule has 0 amide bonds. The largest absolute Gasteiger partial charge is 0.465 e. The summed E-state index contributed by atoms with van der Waals surface area (Å²) in [6.07, 6.45) is 3.33. The van der Waals surface area contributed by atoms with Crippen molar-refractivity contribution in [1.82, 2.24) is 4.98 Å². The number of ether oxygens (including phenoxy) is 1. The highest BCUT2D eigenvalue weighted by Crippen LogP contribution is 2.32. The van der Waals surface area contributed by atoms with Crippen LogP contribution in [0.2, 0.25) is 0 Å². The molecule has 0 unspecified atom stereocenters. The highest BCUT2D eigenvalue weighted by Gasteiger charge is 2.16. The number of nitrogen functional groups attached to an aromatic ring is 1. The number of thiophene rings is 1. The zero-order chi connectivity index (χ0) is 12.1. The summed E-state index contributed by atoms with van der Waals surface area (Å²) in [5.41, 5.74) is 6.27. The van der Waals surface area contributed by atoms with Crippen LogP contribution in [-0.4, -0.2) is 18.1 Å². The van der Waals surface area contributed by atoms with Gasteiger partial charge in [0, 0.05) is 17.8 Å². The Balaban J connectivity index is 0.000000606. The van der Waals surface area contributed by atoms with Gasteiger partial charge in [0.2, 0.25) is 0 Å². The lowest BCUT2D eigenvalue weighted by atomic mass is 10.2. The van der Waals surface area contributed by atoms with Gasteiger partial charge in [-0.1, -0.05) is 13.8 Å². The average Bonchev–Trinajstić information content (AvgIpc) is 2.69. The third-order valence-corrected chi connectivity index (χ3v) is 3.04. The molecule has 0 aliphatic carbocycles. The summed E-state index contributed by atoms with van der Waals surface area (Å²) in [5.74, 6) is -0.399. The number of nitrogens with zero attached hydrogens (tertiary/aromatic N) is 1. The van der Waals surface area contributed by atoms with Crippen molar-refractivity contribution in [2.24, 2.45) is 0 Å². The summed E-state index contributed by atoms with van der Waals surface area (Å²) in [7, 11) is 1.34. The minimum atomic E-state index is -0.399. The lowest BCUT2D eigenvalue weighted by Crippen LogP contribution is -2.01. The normalized spacial score (nSPS) is 9.44. The Morgan fingerprint density at radius 3 is 2.75 bits per heavy atom. The van der Waals surface area contributed by atoms with Crippen LogP contribution in [0.15, 0.2) is 18.5 Å². The topological polar surface area (TPSA) is 65.2 Å². The number of aromatic nitrogens is 1. The molecule has 0 spiro atoms. The van der Waals surface area contributed by atoms with E-state index in [0.29, 0.717) is 10.6 Å². The van der Waals surface area contributed by atoms with Crippen LogP contribution in [0, 0.1) is 0 Å². The summed E-state index contributed by atoms with van der Waals surface area (Å²) in [4.78, 5) is 15.7. The number of nitrogens with two attached hydrogens (primary N) is 1. The second-order valence-electron chi connectivity index (χ2n) is 2.71. The Labute approximate surface area is 98.1 Å². The van der Waals surface area contributed by atoms with E-state index >= 15 is 0 Å². The van der Waals surface area contributed by atoms with Gasteiger partial charge in [-0.05, 0) is 6.07 Å². The maximum absolute atomic E-state index is 11.3. The maximum Gasteiger partial charge on any atom is 0.350 e. The summed E-state index contributed by atoms with van der Waals surface area (Å²) in [5, 5.41) is 0.852. The molecule has 0 fully saturated rings. The second kappa shape index (κ2) is 5.46. The Bertz CT molecular complexity index is 494. The monoisotopic (exact) mass is 238 g/mol. The minimum Gasteiger partial charge on any atom is -0.465 e. The fraction of sp³-hybridized carbons (Fsp3) is 0.273. The fourth-order valence-electron chi connectivity index (χ4n) is 1.22. The highest BCUT2D eigenvalue weighted by atomic mass is 32.1. The van der Waals surface area contributed by atoms with E-state index in [1.54, 1.807) is 18.5 Å². The molecule has 0 bridgehead atoms. The number of rotatable bonds is 1. The quantitative estimate of drug-likeness (QED) is 0.776. The van der Waals surface area contributed by atoms with Gasteiger partial charge in [0.25, 0.3) is 0 Å². The van der Waals surface area contributed by atoms with Crippen molar-refractivity contribution >= 4 is 33.1 Å². The standard InChI is InChI=1S/C9H8N2O2S.C2H6/c1-13-9(12)8-7(10)5-2-3-11-4-6(5)14-8;1-2/h2-4H,10H2,1H3;1-2H3. The Morgan fingerprint density at radius 1 is 1.50 bits per heavy atom. The molecule has 2 N–H and O–H groups in total. The number of fused-ring (bicyclic) bond motifs is 1. The molecule has 16 heavy (non-hydrogen) atoms. The van der Waals surface area contributed by atoms with E-state index < -0.39 is 5.97 Å². The first kappa shape index (κ1) is 12.4. The lowest BCUT2D eigenvalue weighted by Gasteiger charge is -1.95. The van der Waals surface area contributed by atoms with Crippen LogP contribution in [-0.2, 0) is 4.74 Å². The maximum atomic E-state index is 11.3. The average molecular weight is 238 g/mol. The molecule has 0 saturated carbocycles. The summed E-state index contributed by atoms with van der Waals surface area (Å²) in [6, 6.07) is 1.79. The molecule has 2 rings (SSSR count). The Hall–Kier alpha value is -1.62. The number of carbonyl (C=O) groups excluding carboxylic acids is 1. The molecular formula is C11H14N2O2S. The third kappa shape index (κ3) is 2.14. The van der Waals surface area contributed by atoms with Crippen molar-refractivity contribution in [3.8, 4) is 0 Å². The second-order valence-corrected chi connectivity index (χ2v) is 3.76. The van der Waals surface area contributed by atoms with Gasteiger partial charge in [-0.25, -0.2) is 4.79 Å². The van der Waals surface area contributed by atoms with Crippen molar-refractivity contribution in [1.29, 1.82) is 0 Å². The predicted octanol–water partition coefficient (Wildman–Crippen LogP) is 2.69. The van der Waals surface area contributed by atoms with Crippen LogP contribution in [0.25, 0.3) is 10.1 Å². The van der Waals surface area contributed by atoms with Gasteiger partial charge in [0.1, 0.15) is 4.88 Å². The van der Waals surface area contributed by atoms with E-state index in [2.05, 4.69) is 9.72 Å². The molecule has 0 saturated heterocycles. The molecule has 0 aromatic carbocycles. The van der Waals surface area contributed by atoms with E-state index in [-0.39, 0.29) is 0 Å². The van der Waals surface area contributed by atoms with Crippen molar-refractivity contribution in [2.45, 2.75) is 13.8 Å². The Kier molecular flexibility index (Phi) is 4.25. The van der Waals surface area contributed by atoms with Gasteiger partial charge in [-0.3, -0.25) is 4.98 Å². The van der Waals surface area contributed by atoms with Crippen LogP contribution in [0.5, 0.6) is 0 Å². The number of hydrogen-bond donors (Lipinski definition) is 1. The molecule has 4 nitrogen and oxygen atoms in total. The number of methoxy groups -OCH3 is 1. The van der Waals surface area contributed by atoms with Gasteiger partial charge in [-0.15, -0.1) is 11.3 Å². The Morgan fingerprint density at radius 2 is 2.19 bits per heavy atom. The van der Waals surface area contributed by atoms with E-state index in [1.807, 2.05) is 13.8 Å². The van der Waals surface area contributed by atoms with Gasteiger partial charge >= 0.3 is 5.97 Å². The van der Waals surface area contributed by atoms with Crippen molar-refractivity contribution in [2.75, 3.05) is 12.8 Å². The van der Waals surface area contributed by atoms with Crippen molar-refractivity contribution in [3.63, 3.8) is 0 Å². The SMILES string of the molecule is CC.COC(=O)c1sc2cnccc2c1N. The van der Waals surface area contributed by atoms with Crippen LogP contribution in [0.3, 0.4) is 0 Å². The number of esters is 1. The summed E-state index contributed by atoms with van der Waals surface area (Å²) < 4.78 is 5.51. The zero-order valence-electron chi connectivity index (χ0n) is 9.48. The van der Waals surface area contributed by atoms with Gasteiger partial charge in [0.15, 0.2) is 0 Å².